The number of nitrogens with zero attached hydrogens (tertiary/aromatic N) is 1. The minimum absolute atomic E-state index is 0.0586. The maximum Gasteiger partial charge on any atom is 0.137 e. The molecule has 0 atom stereocenters. The van der Waals surface area contributed by atoms with Gasteiger partial charge in [0, 0.05) is 28.7 Å². The molecule has 0 saturated carbocycles. The van der Waals surface area contributed by atoms with Crippen molar-refractivity contribution in [3.8, 4) is 0 Å². The van der Waals surface area contributed by atoms with Gasteiger partial charge in [-0.15, -0.1) is 0 Å². The van der Waals surface area contributed by atoms with Gasteiger partial charge in [-0.1, -0.05) is 51.1 Å². The van der Waals surface area contributed by atoms with Gasteiger partial charge >= 0.3 is 0 Å². The molecular formula is C23H21NO. The van der Waals surface area contributed by atoms with Crippen molar-refractivity contribution in [3.63, 3.8) is 0 Å². The first kappa shape index (κ1) is 14.6. The molecule has 0 aliphatic rings. The number of furan rings is 1. The van der Waals surface area contributed by atoms with Gasteiger partial charge in [-0.2, -0.15) is 0 Å². The molecule has 3 aromatic carbocycles. The van der Waals surface area contributed by atoms with Crippen molar-refractivity contribution in [2.24, 2.45) is 7.05 Å². The fourth-order valence-electron chi connectivity index (χ4n) is 4.20. The molecule has 0 saturated heterocycles. The fourth-order valence-corrected chi connectivity index (χ4v) is 4.20. The summed E-state index contributed by atoms with van der Waals surface area (Å²) in [5.41, 5.74) is 5.84. The largest absolute Gasteiger partial charge is 0.456 e. The van der Waals surface area contributed by atoms with Crippen molar-refractivity contribution in [3.05, 3.63) is 60.2 Å². The maximum atomic E-state index is 6.23. The minimum Gasteiger partial charge on any atom is -0.456 e. The van der Waals surface area contributed by atoms with E-state index in [1.807, 2.05) is 0 Å². The Balaban J connectivity index is 2.12. The number of fused-ring (bicyclic) bond motifs is 7. The lowest BCUT2D eigenvalue weighted by atomic mass is 9.84. The van der Waals surface area contributed by atoms with Crippen molar-refractivity contribution in [2.75, 3.05) is 0 Å². The van der Waals surface area contributed by atoms with Crippen LogP contribution in [-0.4, -0.2) is 4.57 Å². The number of hydrogen-bond donors (Lipinski definition) is 0. The van der Waals surface area contributed by atoms with Gasteiger partial charge in [0.2, 0.25) is 0 Å². The SMILES string of the molecule is Cn1c2ccccc2c2ccc3oc4cccc(C(C)(C)C)c4c3c21. The summed E-state index contributed by atoms with van der Waals surface area (Å²) < 4.78 is 8.54. The first-order valence-electron chi connectivity index (χ1n) is 8.78. The van der Waals surface area contributed by atoms with Gasteiger partial charge in [0.25, 0.3) is 0 Å². The van der Waals surface area contributed by atoms with E-state index in [1.165, 1.54) is 38.1 Å². The third-order valence-corrected chi connectivity index (χ3v) is 5.33. The summed E-state index contributed by atoms with van der Waals surface area (Å²) in [6.45, 7) is 6.80. The second-order valence-electron chi connectivity index (χ2n) is 7.94. The molecule has 0 bridgehead atoms. The van der Waals surface area contributed by atoms with E-state index >= 15 is 0 Å². The smallest absolute Gasteiger partial charge is 0.137 e. The van der Waals surface area contributed by atoms with E-state index in [2.05, 4.69) is 87.0 Å². The Labute approximate surface area is 146 Å². The van der Waals surface area contributed by atoms with Crippen LogP contribution >= 0.6 is 0 Å². The van der Waals surface area contributed by atoms with E-state index in [1.54, 1.807) is 0 Å². The lowest BCUT2D eigenvalue weighted by Crippen LogP contribution is -2.11. The molecule has 5 aromatic rings. The lowest BCUT2D eigenvalue weighted by Gasteiger charge is -2.20. The molecule has 124 valence electrons. The number of hydrogen-bond acceptors (Lipinski definition) is 1. The van der Waals surface area contributed by atoms with E-state index in [9.17, 15) is 0 Å². The topological polar surface area (TPSA) is 18.1 Å². The quantitative estimate of drug-likeness (QED) is 0.316. The summed E-state index contributed by atoms with van der Waals surface area (Å²) in [6.07, 6.45) is 0. The van der Waals surface area contributed by atoms with Crippen LogP contribution in [0.5, 0.6) is 0 Å². The zero-order chi connectivity index (χ0) is 17.3. The molecular weight excluding hydrogens is 306 g/mol. The molecule has 2 heteroatoms. The fraction of sp³-hybridized carbons (Fsp3) is 0.217. The Hall–Kier alpha value is -2.74. The summed E-state index contributed by atoms with van der Waals surface area (Å²) >= 11 is 0. The molecule has 0 aliphatic heterocycles. The number of benzene rings is 3. The maximum absolute atomic E-state index is 6.23. The second kappa shape index (κ2) is 4.66. The van der Waals surface area contributed by atoms with Gasteiger partial charge in [-0.05, 0) is 35.2 Å². The Morgan fingerprint density at radius 2 is 1.52 bits per heavy atom. The van der Waals surface area contributed by atoms with Crippen LogP contribution < -0.4 is 0 Å². The molecule has 5 rings (SSSR count). The van der Waals surface area contributed by atoms with Gasteiger partial charge in [-0.25, -0.2) is 0 Å². The molecule has 0 spiro atoms. The van der Waals surface area contributed by atoms with Crippen LogP contribution in [-0.2, 0) is 12.5 Å². The lowest BCUT2D eigenvalue weighted by molar-refractivity contribution is 0.594. The predicted molar refractivity (Wildman–Crippen MR) is 106 cm³/mol. The van der Waals surface area contributed by atoms with Crippen molar-refractivity contribution in [2.45, 2.75) is 26.2 Å². The molecule has 0 aliphatic carbocycles. The average molecular weight is 327 g/mol. The van der Waals surface area contributed by atoms with Crippen LogP contribution in [0.25, 0.3) is 43.7 Å². The van der Waals surface area contributed by atoms with Crippen molar-refractivity contribution >= 4 is 43.7 Å². The summed E-state index contributed by atoms with van der Waals surface area (Å²) in [4.78, 5) is 0. The molecule has 0 radical (unpaired) electrons. The molecule has 2 aromatic heterocycles. The first-order valence-corrected chi connectivity index (χ1v) is 8.78. The average Bonchev–Trinajstić information content (AvgIpc) is 3.10. The van der Waals surface area contributed by atoms with E-state index < -0.39 is 0 Å². The van der Waals surface area contributed by atoms with E-state index in [-0.39, 0.29) is 5.41 Å². The minimum atomic E-state index is 0.0586. The predicted octanol–water partition coefficient (Wildman–Crippen LogP) is 6.53. The first-order chi connectivity index (χ1) is 12.0. The van der Waals surface area contributed by atoms with E-state index in [4.69, 9.17) is 4.42 Å². The Morgan fingerprint density at radius 3 is 2.32 bits per heavy atom. The summed E-state index contributed by atoms with van der Waals surface area (Å²) in [5.74, 6) is 0. The highest BCUT2D eigenvalue weighted by Crippen LogP contribution is 2.42. The van der Waals surface area contributed by atoms with E-state index in [0.717, 1.165) is 11.2 Å². The highest BCUT2D eigenvalue weighted by Gasteiger charge is 2.23. The number of aromatic nitrogens is 1. The van der Waals surface area contributed by atoms with Crippen LogP contribution in [0.4, 0.5) is 0 Å². The third-order valence-electron chi connectivity index (χ3n) is 5.33. The van der Waals surface area contributed by atoms with Crippen LogP contribution in [0.2, 0.25) is 0 Å². The van der Waals surface area contributed by atoms with Gasteiger partial charge in [0.05, 0.1) is 10.9 Å². The van der Waals surface area contributed by atoms with Crippen molar-refractivity contribution in [1.82, 2.24) is 4.57 Å². The van der Waals surface area contributed by atoms with Crippen LogP contribution in [0, 0.1) is 0 Å². The monoisotopic (exact) mass is 327 g/mol. The van der Waals surface area contributed by atoms with Gasteiger partial charge in [-0.3, -0.25) is 0 Å². The second-order valence-corrected chi connectivity index (χ2v) is 7.94. The van der Waals surface area contributed by atoms with Crippen molar-refractivity contribution in [1.29, 1.82) is 0 Å². The van der Waals surface area contributed by atoms with Crippen LogP contribution in [0.3, 0.4) is 0 Å². The summed E-state index contributed by atoms with van der Waals surface area (Å²) in [5, 5.41) is 5.07. The number of aryl methyl sites for hydroxylation is 1. The molecule has 0 amide bonds. The molecule has 25 heavy (non-hydrogen) atoms. The van der Waals surface area contributed by atoms with Crippen LogP contribution in [0.15, 0.2) is 59.0 Å². The zero-order valence-corrected chi connectivity index (χ0v) is 15.1. The normalized spacial score (nSPS) is 12.8. The zero-order valence-electron chi connectivity index (χ0n) is 15.1. The summed E-state index contributed by atoms with van der Waals surface area (Å²) in [7, 11) is 2.16. The van der Waals surface area contributed by atoms with Gasteiger partial charge in [0.15, 0.2) is 0 Å². The molecule has 2 heterocycles. The third kappa shape index (κ3) is 1.85. The Bertz CT molecular complexity index is 1280. The van der Waals surface area contributed by atoms with E-state index in [0.29, 0.717) is 0 Å². The summed E-state index contributed by atoms with van der Waals surface area (Å²) in [6, 6.07) is 19.3. The number of rotatable bonds is 0. The molecule has 2 nitrogen and oxygen atoms in total. The molecule has 0 unspecified atom stereocenters. The molecule has 0 N–H and O–H groups in total. The van der Waals surface area contributed by atoms with Gasteiger partial charge in [0.1, 0.15) is 11.2 Å². The molecule has 0 fully saturated rings. The number of para-hydroxylation sites is 1. The Morgan fingerprint density at radius 1 is 0.760 bits per heavy atom. The highest BCUT2D eigenvalue weighted by molar-refractivity contribution is 6.24. The van der Waals surface area contributed by atoms with Gasteiger partial charge < -0.3 is 8.98 Å². The standard InChI is InChI=1S/C23H21NO/c1-23(2,3)16-9-7-11-18-20(16)21-19(25-18)13-12-15-14-8-5-6-10-17(14)24(4)22(15)21/h5-13H,1-4H3. The highest BCUT2D eigenvalue weighted by atomic mass is 16.3. The Kier molecular flexibility index (Phi) is 2.72. The van der Waals surface area contributed by atoms with Crippen LogP contribution in [0.1, 0.15) is 26.3 Å². The van der Waals surface area contributed by atoms with Crippen molar-refractivity contribution < 1.29 is 4.42 Å².